The third-order valence-electron chi connectivity index (χ3n) is 5.94. The molecule has 1 fully saturated rings. The van der Waals surface area contributed by atoms with Gasteiger partial charge in [0.1, 0.15) is 12.3 Å². The number of ether oxygens (including phenoxy) is 1. The Balaban J connectivity index is 1.76. The van der Waals surface area contributed by atoms with Crippen molar-refractivity contribution in [2.24, 2.45) is 11.8 Å². The van der Waals surface area contributed by atoms with Gasteiger partial charge in [-0.3, -0.25) is 14.5 Å². The highest BCUT2D eigenvalue weighted by Gasteiger charge is 2.35. The molecule has 5 heteroatoms. The molecule has 1 aliphatic carbocycles. The van der Waals surface area contributed by atoms with Crippen LogP contribution in [-0.4, -0.2) is 30.5 Å². The number of rotatable bonds is 4. The van der Waals surface area contributed by atoms with Gasteiger partial charge in [-0.05, 0) is 49.3 Å². The van der Waals surface area contributed by atoms with E-state index in [4.69, 9.17) is 4.74 Å². The van der Waals surface area contributed by atoms with Crippen molar-refractivity contribution in [1.29, 1.82) is 0 Å². The number of nitrogens with one attached hydrogen (secondary N) is 1. The minimum atomic E-state index is -0.522. The van der Waals surface area contributed by atoms with E-state index in [0.29, 0.717) is 29.7 Å². The van der Waals surface area contributed by atoms with Crippen LogP contribution in [0.5, 0.6) is 5.75 Å². The van der Waals surface area contributed by atoms with Gasteiger partial charge in [-0.1, -0.05) is 39.7 Å². The van der Waals surface area contributed by atoms with Crippen LogP contribution in [0.1, 0.15) is 52.0 Å². The van der Waals surface area contributed by atoms with E-state index in [-0.39, 0.29) is 24.4 Å². The number of nitrogens with zero attached hydrogens (tertiary/aromatic N) is 1. The Kier molecular flexibility index (Phi) is 5.54. The molecule has 0 spiro atoms. The summed E-state index contributed by atoms with van der Waals surface area (Å²) in [6.07, 6.45) is 3.45. The summed E-state index contributed by atoms with van der Waals surface area (Å²) >= 11 is 0. The van der Waals surface area contributed by atoms with E-state index in [9.17, 15) is 9.59 Å². The zero-order chi connectivity index (χ0) is 18.8. The quantitative estimate of drug-likeness (QED) is 0.897. The lowest BCUT2D eigenvalue weighted by Gasteiger charge is -2.36. The van der Waals surface area contributed by atoms with E-state index < -0.39 is 6.10 Å². The second-order valence-corrected chi connectivity index (χ2v) is 7.85. The number of anilines is 1. The number of carbonyl (C=O) groups is 2. The summed E-state index contributed by atoms with van der Waals surface area (Å²) < 4.78 is 5.82. The van der Waals surface area contributed by atoms with Gasteiger partial charge in [-0.25, -0.2) is 0 Å². The SMILES string of the molecule is CC[C@@H]1Oc2ccc(C)cc2N(CC(=O)N[C@@H]2CCC[C@@H](C)[C@H]2C)C1=O. The van der Waals surface area contributed by atoms with Crippen molar-refractivity contribution in [2.75, 3.05) is 11.4 Å². The lowest BCUT2D eigenvalue weighted by atomic mass is 9.78. The molecule has 1 saturated carbocycles. The van der Waals surface area contributed by atoms with Crippen molar-refractivity contribution in [2.45, 2.75) is 65.5 Å². The molecule has 0 aromatic heterocycles. The predicted octanol–water partition coefficient (Wildman–Crippen LogP) is 3.44. The minimum absolute atomic E-state index is 0.0484. The summed E-state index contributed by atoms with van der Waals surface area (Å²) in [5.41, 5.74) is 1.73. The van der Waals surface area contributed by atoms with Gasteiger partial charge < -0.3 is 10.1 Å². The average molecular weight is 358 g/mol. The molecular weight excluding hydrogens is 328 g/mol. The smallest absolute Gasteiger partial charge is 0.268 e. The van der Waals surface area contributed by atoms with E-state index >= 15 is 0 Å². The van der Waals surface area contributed by atoms with Crippen molar-refractivity contribution >= 4 is 17.5 Å². The van der Waals surface area contributed by atoms with Crippen LogP contribution in [0.4, 0.5) is 5.69 Å². The molecule has 0 saturated heterocycles. The molecule has 2 amide bonds. The van der Waals surface area contributed by atoms with Gasteiger partial charge in [0.05, 0.1) is 5.69 Å². The number of benzene rings is 1. The molecule has 2 aliphatic rings. The number of carbonyl (C=O) groups excluding carboxylic acids is 2. The fourth-order valence-electron chi connectivity index (χ4n) is 4.04. The molecule has 3 rings (SSSR count). The highest BCUT2D eigenvalue weighted by molar-refractivity contribution is 6.03. The number of hydrogen-bond acceptors (Lipinski definition) is 3. The van der Waals surface area contributed by atoms with Crippen LogP contribution < -0.4 is 15.0 Å². The largest absolute Gasteiger partial charge is 0.478 e. The first-order chi connectivity index (χ1) is 12.4. The topological polar surface area (TPSA) is 58.6 Å². The Morgan fingerprint density at radius 3 is 2.81 bits per heavy atom. The summed E-state index contributed by atoms with van der Waals surface area (Å²) in [5.74, 6) is 1.53. The summed E-state index contributed by atoms with van der Waals surface area (Å²) in [6.45, 7) is 8.40. The van der Waals surface area contributed by atoms with Gasteiger partial charge >= 0.3 is 0 Å². The Hall–Kier alpha value is -2.04. The first kappa shape index (κ1) is 18.7. The standard InChI is InChI=1S/C21H30N2O3/c1-5-18-21(25)23(17-11-13(2)9-10-19(17)26-18)12-20(24)22-16-8-6-7-14(3)15(16)4/h9-11,14-16,18H,5-8,12H2,1-4H3,(H,22,24)/t14-,15-,16-,18+/m1/s1. The fraction of sp³-hybridized carbons (Fsp3) is 0.619. The molecule has 4 atom stereocenters. The highest BCUT2D eigenvalue weighted by atomic mass is 16.5. The Morgan fingerprint density at radius 2 is 2.08 bits per heavy atom. The number of hydrogen-bond donors (Lipinski definition) is 1. The molecule has 0 unspecified atom stereocenters. The van der Waals surface area contributed by atoms with Gasteiger partial charge in [0.15, 0.2) is 6.10 Å². The van der Waals surface area contributed by atoms with Crippen molar-refractivity contribution < 1.29 is 14.3 Å². The van der Waals surface area contributed by atoms with Gasteiger partial charge in [0.25, 0.3) is 5.91 Å². The number of aryl methyl sites for hydroxylation is 1. The first-order valence-corrected chi connectivity index (χ1v) is 9.78. The molecule has 5 nitrogen and oxygen atoms in total. The Morgan fingerprint density at radius 1 is 1.31 bits per heavy atom. The fourth-order valence-corrected chi connectivity index (χ4v) is 4.04. The predicted molar refractivity (Wildman–Crippen MR) is 102 cm³/mol. The molecule has 0 bridgehead atoms. The van der Waals surface area contributed by atoms with Crippen LogP contribution in [0.2, 0.25) is 0 Å². The minimum Gasteiger partial charge on any atom is -0.478 e. The molecule has 1 aromatic carbocycles. The lowest BCUT2D eigenvalue weighted by Crippen LogP contribution is -2.52. The number of fused-ring (bicyclic) bond motifs is 1. The van der Waals surface area contributed by atoms with Crippen LogP contribution in [0.25, 0.3) is 0 Å². The maximum absolute atomic E-state index is 12.8. The third kappa shape index (κ3) is 3.71. The number of amides is 2. The highest BCUT2D eigenvalue weighted by Crippen LogP contribution is 2.35. The van der Waals surface area contributed by atoms with Crippen LogP contribution in [0, 0.1) is 18.8 Å². The molecule has 142 valence electrons. The maximum Gasteiger partial charge on any atom is 0.268 e. The first-order valence-electron chi connectivity index (χ1n) is 9.78. The Bertz CT molecular complexity index is 688. The summed E-state index contributed by atoms with van der Waals surface area (Å²) in [7, 11) is 0. The van der Waals surface area contributed by atoms with Gasteiger partial charge in [0.2, 0.25) is 5.91 Å². The summed E-state index contributed by atoms with van der Waals surface area (Å²) in [6, 6.07) is 5.96. The van der Waals surface area contributed by atoms with Crippen molar-refractivity contribution in [3.8, 4) is 5.75 Å². The van der Waals surface area contributed by atoms with Gasteiger partial charge in [-0.15, -0.1) is 0 Å². The van der Waals surface area contributed by atoms with Crippen LogP contribution >= 0.6 is 0 Å². The van der Waals surface area contributed by atoms with Gasteiger partial charge in [0, 0.05) is 6.04 Å². The normalized spacial score (nSPS) is 28.3. The summed E-state index contributed by atoms with van der Waals surface area (Å²) in [5, 5.41) is 3.17. The van der Waals surface area contributed by atoms with E-state index in [1.807, 2.05) is 32.0 Å². The van der Waals surface area contributed by atoms with Gasteiger partial charge in [-0.2, -0.15) is 0 Å². The van der Waals surface area contributed by atoms with Crippen molar-refractivity contribution in [3.05, 3.63) is 23.8 Å². The zero-order valence-corrected chi connectivity index (χ0v) is 16.2. The summed E-state index contributed by atoms with van der Waals surface area (Å²) in [4.78, 5) is 27.1. The molecule has 1 aromatic rings. The molecule has 26 heavy (non-hydrogen) atoms. The van der Waals surface area contributed by atoms with E-state index in [1.165, 1.54) is 6.42 Å². The van der Waals surface area contributed by atoms with E-state index in [1.54, 1.807) is 4.90 Å². The molecule has 1 heterocycles. The van der Waals surface area contributed by atoms with Crippen molar-refractivity contribution in [1.82, 2.24) is 5.32 Å². The second-order valence-electron chi connectivity index (χ2n) is 7.85. The third-order valence-corrected chi connectivity index (χ3v) is 5.94. The van der Waals surface area contributed by atoms with Crippen molar-refractivity contribution in [3.63, 3.8) is 0 Å². The molecular formula is C21H30N2O3. The molecule has 1 N–H and O–H groups in total. The maximum atomic E-state index is 12.8. The second kappa shape index (κ2) is 7.68. The van der Waals surface area contributed by atoms with E-state index in [2.05, 4.69) is 19.2 Å². The Labute approximate surface area is 156 Å². The lowest BCUT2D eigenvalue weighted by molar-refractivity contribution is -0.129. The van der Waals surface area contributed by atoms with Crippen LogP contribution in [0.3, 0.4) is 0 Å². The van der Waals surface area contributed by atoms with Crippen LogP contribution in [0.15, 0.2) is 18.2 Å². The molecule has 0 radical (unpaired) electrons. The zero-order valence-electron chi connectivity index (χ0n) is 16.2. The van der Waals surface area contributed by atoms with E-state index in [0.717, 1.165) is 18.4 Å². The van der Waals surface area contributed by atoms with Crippen LogP contribution in [-0.2, 0) is 9.59 Å². The average Bonchev–Trinajstić information content (AvgIpc) is 2.61. The molecule has 1 aliphatic heterocycles. The monoisotopic (exact) mass is 358 g/mol.